The number of aromatic nitrogens is 2. The molecule has 2 aromatic rings. The zero-order valence-corrected chi connectivity index (χ0v) is 13.4. The molecule has 0 fully saturated rings. The number of nitrogens with zero attached hydrogens (tertiary/aromatic N) is 2. The van der Waals surface area contributed by atoms with Gasteiger partial charge in [-0.25, -0.2) is 8.78 Å². The summed E-state index contributed by atoms with van der Waals surface area (Å²) < 4.78 is 27.4. The van der Waals surface area contributed by atoms with E-state index in [0.29, 0.717) is 17.9 Å². The first-order valence-corrected chi connectivity index (χ1v) is 7.39. The molecule has 1 aromatic heterocycles. The molecule has 0 saturated carbocycles. The fourth-order valence-corrected chi connectivity index (χ4v) is 2.30. The lowest BCUT2D eigenvalue weighted by Gasteiger charge is -2.20. The Balaban J connectivity index is 2.03. The van der Waals surface area contributed by atoms with Crippen molar-refractivity contribution in [2.75, 3.05) is 18.4 Å². The van der Waals surface area contributed by atoms with Crippen molar-refractivity contribution in [3.63, 3.8) is 0 Å². The van der Waals surface area contributed by atoms with Gasteiger partial charge in [0, 0.05) is 12.1 Å². The number of nitrogens with one attached hydrogen (secondary N) is 2. The molecule has 0 aliphatic rings. The average molecular weight is 322 g/mol. The van der Waals surface area contributed by atoms with Gasteiger partial charge in [-0.2, -0.15) is 5.10 Å². The minimum absolute atomic E-state index is 0.0298. The van der Waals surface area contributed by atoms with E-state index >= 15 is 0 Å². The van der Waals surface area contributed by atoms with E-state index in [9.17, 15) is 13.6 Å². The van der Waals surface area contributed by atoms with Crippen molar-refractivity contribution in [1.29, 1.82) is 0 Å². The second kappa shape index (κ2) is 7.32. The van der Waals surface area contributed by atoms with Crippen LogP contribution in [0.15, 0.2) is 18.2 Å². The highest BCUT2D eigenvalue weighted by atomic mass is 19.1. The molecular formula is C16H20F2N4O. The summed E-state index contributed by atoms with van der Waals surface area (Å²) in [6.07, 6.45) is 0. The number of aromatic amines is 1. The van der Waals surface area contributed by atoms with Crippen LogP contribution in [0.25, 0.3) is 0 Å². The highest BCUT2D eigenvalue weighted by Crippen LogP contribution is 2.17. The Hall–Kier alpha value is -2.28. The summed E-state index contributed by atoms with van der Waals surface area (Å²) in [6.45, 7) is 5.98. The minimum atomic E-state index is -0.606. The molecular weight excluding hydrogens is 302 g/mol. The third-order valence-electron chi connectivity index (χ3n) is 3.65. The monoisotopic (exact) mass is 322 g/mol. The van der Waals surface area contributed by atoms with Gasteiger partial charge in [-0.1, -0.05) is 13.0 Å². The maximum absolute atomic E-state index is 13.7. The van der Waals surface area contributed by atoms with E-state index in [2.05, 4.69) is 15.5 Å². The smallest absolute Gasteiger partial charge is 0.238 e. The largest absolute Gasteiger partial charge is 0.322 e. The molecule has 23 heavy (non-hydrogen) atoms. The van der Waals surface area contributed by atoms with Gasteiger partial charge in [-0.05, 0) is 32.5 Å². The molecule has 1 aromatic carbocycles. The van der Waals surface area contributed by atoms with Gasteiger partial charge in [-0.15, -0.1) is 0 Å². The van der Waals surface area contributed by atoms with E-state index in [-0.39, 0.29) is 24.6 Å². The molecule has 7 heteroatoms. The SMILES string of the molecule is CCN(CC(=O)Nc1c(C)n[nH]c1C)Cc1c(F)cccc1F. The van der Waals surface area contributed by atoms with Crippen molar-refractivity contribution in [2.45, 2.75) is 27.3 Å². The molecule has 2 rings (SSSR count). The number of amides is 1. The molecule has 0 atom stereocenters. The zero-order chi connectivity index (χ0) is 17.0. The average Bonchev–Trinajstić information content (AvgIpc) is 2.81. The number of H-pyrrole nitrogens is 1. The van der Waals surface area contributed by atoms with Crippen molar-refractivity contribution in [2.24, 2.45) is 0 Å². The normalized spacial score (nSPS) is 11.0. The Morgan fingerprint density at radius 3 is 2.48 bits per heavy atom. The van der Waals surface area contributed by atoms with Crippen LogP contribution in [0.3, 0.4) is 0 Å². The van der Waals surface area contributed by atoms with Gasteiger partial charge in [0.1, 0.15) is 11.6 Å². The Labute approximate surface area is 133 Å². The van der Waals surface area contributed by atoms with Gasteiger partial charge < -0.3 is 5.32 Å². The standard InChI is InChI=1S/C16H20F2N4O/c1-4-22(8-12-13(17)6-5-7-14(12)18)9-15(23)19-16-10(2)20-21-11(16)3/h5-7H,4,8-9H2,1-3H3,(H,19,23)(H,20,21). The molecule has 0 radical (unpaired) electrons. The van der Waals surface area contributed by atoms with Crippen LogP contribution in [0.2, 0.25) is 0 Å². The van der Waals surface area contributed by atoms with Crippen LogP contribution in [0.4, 0.5) is 14.5 Å². The summed E-state index contributed by atoms with van der Waals surface area (Å²) >= 11 is 0. The van der Waals surface area contributed by atoms with Gasteiger partial charge in [0.15, 0.2) is 0 Å². The quantitative estimate of drug-likeness (QED) is 0.860. The Morgan fingerprint density at radius 1 is 1.30 bits per heavy atom. The second-order valence-electron chi connectivity index (χ2n) is 5.36. The summed E-state index contributed by atoms with van der Waals surface area (Å²) in [5.41, 5.74) is 2.07. The molecule has 1 heterocycles. The first kappa shape index (κ1) is 17.1. The third kappa shape index (κ3) is 4.13. The van der Waals surface area contributed by atoms with Crippen molar-refractivity contribution >= 4 is 11.6 Å². The number of rotatable bonds is 6. The van der Waals surface area contributed by atoms with E-state index in [1.807, 2.05) is 13.8 Å². The van der Waals surface area contributed by atoms with Crippen LogP contribution >= 0.6 is 0 Å². The zero-order valence-electron chi connectivity index (χ0n) is 13.4. The highest BCUT2D eigenvalue weighted by Gasteiger charge is 2.16. The Kier molecular flexibility index (Phi) is 5.44. The molecule has 0 spiro atoms. The highest BCUT2D eigenvalue weighted by molar-refractivity contribution is 5.93. The molecule has 1 amide bonds. The molecule has 2 N–H and O–H groups in total. The summed E-state index contributed by atoms with van der Waals surface area (Å²) in [5, 5.41) is 9.57. The van der Waals surface area contributed by atoms with Crippen molar-refractivity contribution < 1.29 is 13.6 Å². The number of halogens is 2. The van der Waals surface area contributed by atoms with Gasteiger partial charge in [0.25, 0.3) is 0 Å². The summed E-state index contributed by atoms with van der Waals surface area (Å²) in [5.74, 6) is -1.47. The van der Waals surface area contributed by atoms with Crippen LogP contribution in [-0.4, -0.2) is 34.1 Å². The third-order valence-corrected chi connectivity index (χ3v) is 3.65. The van der Waals surface area contributed by atoms with E-state index in [1.165, 1.54) is 18.2 Å². The lowest BCUT2D eigenvalue weighted by molar-refractivity contribution is -0.117. The van der Waals surface area contributed by atoms with E-state index in [1.54, 1.807) is 11.8 Å². The second-order valence-corrected chi connectivity index (χ2v) is 5.36. The fraction of sp³-hybridized carbons (Fsp3) is 0.375. The number of carbonyl (C=O) groups excluding carboxylic acids is 1. The van der Waals surface area contributed by atoms with Crippen LogP contribution < -0.4 is 5.32 Å². The van der Waals surface area contributed by atoms with Crippen molar-refractivity contribution in [1.82, 2.24) is 15.1 Å². The summed E-state index contributed by atoms with van der Waals surface area (Å²) in [6, 6.07) is 3.75. The fourth-order valence-electron chi connectivity index (χ4n) is 2.30. The molecule has 0 unspecified atom stereocenters. The molecule has 0 saturated heterocycles. The topological polar surface area (TPSA) is 61.0 Å². The first-order valence-electron chi connectivity index (χ1n) is 7.39. The Morgan fingerprint density at radius 2 is 1.96 bits per heavy atom. The lowest BCUT2D eigenvalue weighted by Crippen LogP contribution is -2.33. The van der Waals surface area contributed by atoms with Gasteiger partial charge in [-0.3, -0.25) is 14.8 Å². The van der Waals surface area contributed by atoms with E-state index < -0.39 is 11.6 Å². The summed E-state index contributed by atoms with van der Waals surface area (Å²) in [7, 11) is 0. The number of hydrogen-bond donors (Lipinski definition) is 2. The number of carbonyl (C=O) groups is 1. The number of benzene rings is 1. The van der Waals surface area contributed by atoms with Crippen LogP contribution in [0.5, 0.6) is 0 Å². The molecule has 124 valence electrons. The predicted octanol–water partition coefficient (Wildman–Crippen LogP) is 2.77. The van der Waals surface area contributed by atoms with E-state index in [4.69, 9.17) is 0 Å². The molecule has 0 aliphatic heterocycles. The van der Waals surface area contributed by atoms with Gasteiger partial charge >= 0.3 is 0 Å². The van der Waals surface area contributed by atoms with Crippen molar-refractivity contribution in [3.8, 4) is 0 Å². The van der Waals surface area contributed by atoms with Gasteiger partial charge in [0.05, 0.1) is 23.6 Å². The van der Waals surface area contributed by atoms with Crippen molar-refractivity contribution in [3.05, 3.63) is 46.8 Å². The van der Waals surface area contributed by atoms with Crippen LogP contribution in [0, 0.1) is 25.5 Å². The first-order chi connectivity index (χ1) is 10.9. The number of likely N-dealkylation sites (N-methyl/N-ethyl adjacent to an activating group) is 1. The molecule has 0 bridgehead atoms. The molecule has 0 aliphatic carbocycles. The maximum atomic E-state index is 13.7. The predicted molar refractivity (Wildman–Crippen MR) is 84.0 cm³/mol. The van der Waals surface area contributed by atoms with Gasteiger partial charge in [0.2, 0.25) is 5.91 Å². The van der Waals surface area contributed by atoms with Crippen LogP contribution in [-0.2, 0) is 11.3 Å². The number of aryl methyl sites for hydroxylation is 2. The Bertz CT molecular complexity index is 660. The summed E-state index contributed by atoms with van der Waals surface area (Å²) in [4.78, 5) is 13.8. The van der Waals surface area contributed by atoms with Crippen LogP contribution in [0.1, 0.15) is 23.9 Å². The minimum Gasteiger partial charge on any atom is -0.322 e. The number of hydrogen-bond acceptors (Lipinski definition) is 3. The maximum Gasteiger partial charge on any atom is 0.238 e. The molecule has 5 nitrogen and oxygen atoms in total. The lowest BCUT2D eigenvalue weighted by atomic mass is 10.2. The number of anilines is 1. The van der Waals surface area contributed by atoms with E-state index in [0.717, 1.165) is 5.69 Å².